The molecule has 1 aromatic rings. The maximum Gasteiger partial charge on any atom is 0.239 e. The second-order valence-electron chi connectivity index (χ2n) is 5.09. The fourth-order valence-corrected chi connectivity index (χ4v) is 3.37. The van der Waals surface area contributed by atoms with E-state index in [4.69, 9.17) is 0 Å². The zero-order valence-electron chi connectivity index (χ0n) is 11.9. The Kier molecular flexibility index (Phi) is 7.12. The first-order chi connectivity index (χ1) is 9.24. The van der Waals surface area contributed by atoms with E-state index >= 15 is 0 Å². The van der Waals surface area contributed by atoms with Crippen molar-refractivity contribution in [2.75, 3.05) is 37.6 Å². The third-order valence-corrected chi connectivity index (χ3v) is 4.61. The molecular formula is C12H21Cl2N5OS. The van der Waals surface area contributed by atoms with Gasteiger partial charge in [0.2, 0.25) is 11.0 Å². The predicted molar refractivity (Wildman–Crippen MR) is 89.0 cm³/mol. The van der Waals surface area contributed by atoms with Crippen molar-refractivity contribution in [3.05, 3.63) is 5.82 Å². The van der Waals surface area contributed by atoms with E-state index in [1.165, 1.54) is 11.5 Å². The molecule has 1 atom stereocenters. The van der Waals surface area contributed by atoms with Gasteiger partial charge in [0.15, 0.2) is 0 Å². The van der Waals surface area contributed by atoms with E-state index in [9.17, 15) is 4.79 Å². The van der Waals surface area contributed by atoms with Crippen LogP contribution in [0.4, 0.5) is 5.13 Å². The molecule has 1 amide bonds. The molecule has 9 heteroatoms. The molecular weight excluding hydrogens is 333 g/mol. The molecule has 0 aliphatic carbocycles. The van der Waals surface area contributed by atoms with Gasteiger partial charge in [-0.2, -0.15) is 4.37 Å². The summed E-state index contributed by atoms with van der Waals surface area (Å²) in [7, 11) is 0. The quantitative estimate of drug-likeness (QED) is 0.862. The SMILES string of the molecule is Cc1nsc(N2CCN(C(=O)C3CCCN3)CC2)n1.Cl.Cl. The smallest absolute Gasteiger partial charge is 0.239 e. The molecule has 0 saturated carbocycles. The number of hydrogen-bond acceptors (Lipinski definition) is 6. The van der Waals surface area contributed by atoms with Gasteiger partial charge in [-0.1, -0.05) is 0 Å². The van der Waals surface area contributed by atoms with Crippen LogP contribution in [0, 0.1) is 6.92 Å². The maximum atomic E-state index is 12.3. The average molecular weight is 354 g/mol. The van der Waals surface area contributed by atoms with E-state index in [1.54, 1.807) is 0 Å². The van der Waals surface area contributed by atoms with E-state index in [0.717, 1.165) is 56.5 Å². The van der Waals surface area contributed by atoms with Crippen LogP contribution < -0.4 is 10.2 Å². The maximum absolute atomic E-state index is 12.3. The van der Waals surface area contributed by atoms with Gasteiger partial charge in [0.25, 0.3) is 0 Å². The molecule has 120 valence electrons. The van der Waals surface area contributed by atoms with Crippen LogP contribution in [-0.2, 0) is 4.79 Å². The average Bonchev–Trinajstić information content (AvgIpc) is 3.09. The topological polar surface area (TPSA) is 61.4 Å². The largest absolute Gasteiger partial charge is 0.343 e. The first kappa shape index (κ1) is 18.4. The number of nitrogens with one attached hydrogen (secondary N) is 1. The summed E-state index contributed by atoms with van der Waals surface area (Å²) >= 11 is 1.44. The van der Waals surface area contributed by atoms with Gasteiger partial charge in [-0.15, -0.1) is 24.8 Å². The molecule has 3 heterocycles. The van der Waals surface area contributed by atoms with Gasteiger partial charge in [0, 0.05) is 37.7 Å². The number of rotatable bonds is 2. The number of amides is 1. The molecule has 1 aromatic heterocycles. The lowest BCUT2D eigenvalue weighted by molar-refractivity contribution is -0.133. The lowest BCUT2D eigenvalue weighted by atomic mass is 10.2. The van der Waals surface area contributed by atoms with E-state index in [1.807, 2.05) is 11.8 Å². The molecule has 2 fully saturated rings. The lowest BCUT2D eigenvalue weighted by Gasteiger charge is -2.35. The van der Waals surface area contributed by atoms with Crippen molar-refractivity contribution in [1.82, 2.24) is 19.6 Å². The molecule has 2 aliphatic heterocycles. The highest BCUT2D eigenvalue weighted by Crippen LogP contribution is 2.19. The van der Waals surface area contributed by atoms with Crippen LogP contribution >= 0.6 is 36.3 Å². The first-order valence-electron chi connectivity index (χ1n) is 6.81. The molecule has 0 radical (unpaired) electrons. The summed E-state index contributed by atoms with van der Waals surface area (Å²) < 4.78 is 4.21. The number of nitrogens with zero attached hydrogens (tertiary/aromatic N) is 4. The number of piperazine rings is 1. The van der Waals surface area contributed by atoms with Gasteiger partial charge in [-0.3, -0.25) is 4.79 Å². The van der Waals surface area contributed by atoms with Crippen molar-refractivity contribution >= 4 is 47.4 Å². The number of hydrogen-bond donors (Lipinski definition) is 1. The molecule has 2 saturated heterocycles. The number of carbonyl (C=O) groups is 1. The summed E-state index contributed by atoms with van der Waals surface area (Å²) in [6.45, 7) is 6.16. The molecule has 0 aromatic carbocycles. The van der Waals surface area contributed by atoms with Gasteiger partial charge in [-0.25, -0.2) is 4.98 Å². The minimum Gasteiger partial charge on any atom is -0.343 e. The molecule has 1 N–H and O–H groups in total. The fraction of sp³-hybridized carbons (Fsp3) is 0.750. The van der Waals surface area contributed by atoms with Gasteiger partial charge >= 0.3 is 0 Å². The molecule has 0 spiro atoms. The van der Waals surface area contributed by atoms with E-state index in [0.29, 0.717) is 0 Å². The van der Waals surface area contributed by atoms with Crippen molar-refractivity contribution in [3.63, 3.8) is 0 Å². The van der Waals surface area contributed by atoms with Gasteiger partial charge in [0.05, 0.1) is 6.04 Å². The first-order valence-corrected chi connectivity index (χ1v) is 7.59. The lowest BCUT2D eigenvalue weighted by Crippen LogP contribution is -2.53. The van der Waals surface area contributed by atoms with Crippen LogP contribution in [0.1, 0.15) is 18.7 Å². The Morgan fingerprint density at radius 3 is 2.52 bits per heavy atom. The van der Waals surface area contributed by atoms with Gasteiger partial charge < -0.3 is 15.1 Å². The summed E-state index contributed by atoms with van der Waals surface area (Å²) in [6.07, 6.45) is 2.09. The van der Waals surface area contributed by atoms with E-state index < -0.39 is 0 Å². The highest BCUT2D eigenvalue weighted by atomic mass is 35.5. The Bertz CT molecular complexity index is 458. The van der Waals surface area contributed by atoms with Crippen molar-refractivity contribution in [2.24, 2.45) is 0 Å². The summed E-state index contributed by atoms with van der Waals surface area (Å²) in [5.74, 6) is 1.10. The monoisotopic (exact) mass is 353 g/mol. The molecule has 21 heavy (non-hydrogen) atoms. The second-order valence-corrected chi connectivity index (χ2v) is 5.82. The van der Waals surface area contributed by atoms with Crippen molar-refractivity contribution in [3.8, 4) is 0 Å². The van der Waals surface area contributed by atoms with Crippen LogP contribution in [0.25, 0.3) is 0 Å². The third kappa shape index (κ3) is 4.18. The number of aryl methyl sites for hydroxylation is 1. The number of carbonyl (C=O) groups excluding carboxylic acids is 1. The number of halogens is 2. The normalized spacial score (nSPS) is 21.7. The van der Waals surface area contributed by atoms with E-state index in [-0.39, 0.29) is 36.8 Å². The highest BCUT2D eigenvalue weighted by molar-refractivity contribution is 7.09. The molecule has 0 bridgehead atoms. The number of aromatic nitrogens is 2. The molecule has 6 nitrogen and oxygen atoms in total. The molecule has 3 rings (SSSR count). The van der Waals surface area contributed by atoms with Gasteiger partial charge in [-0.05, 0) is 26.3 Å². The van der Waals surface area contributed by atoms with Gasteiger partial charge in [0.1, 0.15) is 5.82 Å². The third-order valence-electron chi connectivity index (χ3n) is 3.74. The predicted octanol–water partition coefficient (Wildman–Crippen LogP) is 1.09. The Labute approximate surface area is 141 Å². The van der Waals surface area contributed by atoms with Crippen molar-refractivity contribution in [1.29, 1.82) is 0 Å². The fourth-order valence-electron chi connectivity index (χ4n) is 2.65. The number of anilines is 1. The summed E-state index contributed by atoms with van der Waals surface area (Å²) in [5, 5.41) is 4.25. The standard InChI is InChI=1S/C12H19N5OS.2ClH/c1-9-14-12(19-15-9)17-7-5-16(6-8-17)11(18)10-3-2-4-13-10;;/h10,13H,2-8H2,1H3;2*1H. The van der Waals surface area contributed by atoms with Crippen molar-refractivity contribution < 1.29 is 4.79 Å². The Morgan fingerprint density at radius 2 is 2.00 bits per heavy atom. The Balaban J connectivity index is 0.00000110. The van der Waals surface area contributed by atoms with E-state index in [2.05, 4.69) is 19.6 Å². The minimum atomic E-state index is 0. The van der Waals surface area contributed by atoms with Crippen molar-refractivity contribution in [2.45, 2.75) is 25.8 Å². The summed E-state index contributed by atoms with van der Waals surface area (Å²) in [6, 6.07) is 0.0512. The van der Waals surface area contributed by atoms with Crippen LogP contribution in [0.2, 0.25) is 0 Å². The molecule has 2 aliphatic rings. The van der Waals surface area contributed by atoms with Crippen LogP contribution in [0.3, 0.4) is 0 Å². The zero-order chi connectivity index (χ0) is 13.2. The van der Waals surface area contributed by atoms with Crippen LogP contribution in [-0.4, -0.2) is 58.9 Å². The second kappa shape index (κ2) is 8.12. The zero-order valence-corrected chi connectivity index (χ0v) is 14.4. The van der Waals surface area contributed by atoms with Crippen LogP contribution in [0.15, 0.2) is 0 Å². The van der Waals surface area contributed by atoms with Crippen LogP contribution in [0.5, 0.6) is 0 Å². The minimum absolute atomic E-state index is 0. The Hall–Kier alpha value is -0.630. The molecule has 1 unspecified atom stereocenters. The summed E-state index contributed by atoms with van der Waals surface area (Å²) in [4.78, 5) is 20.9. The Morgan fingerprint density at radius 1 is 1.29 bits per heavy atom. The highest BCUT2D eigenvalue weighted by Gasteiger charge is 2.29. The summed E-state index contributed by atoms with van der Waals surface area (Å²) in [5.41, 5.74) is 0.